The van der Waals surface area contributed by atoms with Crippen LogP contribution in [0.4, 0.5) is 0 Å². The summed E-state index contributed by atoms with van der Waals surface area (Å²) in [5.41, 5.74) is 2.65. The molecule has 0 N–H and O–H groups in total. The van der Waals surface area contributed by atoms with Crippen LogP contribution < -0.4 is 0 Å². The summed E-state index contributed by atoms with van der Waals surface area (Å²) in [5, 5.41) is 0. The Labute approximate surface area is 123 Å². The molecule has 1 atom stereocenters. The van der Waals surface area contributed by atoms with E-state index in [9.17, 15) is 4.79 Å². The number of hydrogen-bond acceptors (Lipinski definition) is 2. The van der Waals surface area contributed by atoms with Gasteiger partial charge in [0.05, 0.1) is 6.61 Å². The van der Waals surface area contributed by atoms with Crippen molar-refractivity contribution in [3.05, 3.63) is 35.4 Å². The maximum atomic E-state index is 11.3. The molecule has 0 bridgehead atoms. The molecule has 0 aliphatic carbocycles. The van der Waals surface area contributed by atoms with E-state index in [0.717, 1.165) is 6.42 Å². The lowest BCUT2D eigenvalue weighted by Crippen LogP contribution is -2.05. The molecule has 0 fully saturated rings. The zero-order valence-electron chi connectivity index (χ0n) is 13.2. The molecule has 1 rings (SSSR count). The van der Waals surface area contributed by atoms with Crippen LogP contribution in [0.15, 0.2) is 24.3 Å². The summed E-state index contributed by atoms with van der Waals surface area (Å²) in [5.74, 6) is 0.569. The van der Waals surface area contributed by atoms with Crippen LogP contribution in [0.1, 0.15) is 69.9 Å². The smallest absolute Gasteiger partial charge is 0.306 e. The molecule has 20 heavy (non-hydrogen) atoms. The Morgan fingerprint density at radius 3 is 2.40 bits per heavy atom. The van der Waals surface area contributed by atoms with Gasteiger partial charge in [-0.15, -0.1) is 0 Å². The van der Waals surface area contributed by atoms with E-state index in [1.54, 1.807) is 0 Å². The van der Waals surface area contributed by atoms with E-state index in [1.165, 1.54) is 36.8 Å². The van der Waals surface area contributed by atoms with Crippen molar-refractivity contribution < 1.29 is 9.53 Å². The first kappa shape index (κ1) is 16.7. The van der Waals surface area contributed by atoms with E-state index in [-0.39, 0.29) is 5.97 Å². The Kier molecular flexibility index (Phi) is 8.01. The number of aryl methyl sites for hydroxylation is 1. The van der Waals surface area contributed by atoms with Crippen molar-refractivity contribution in [2.24, 2.45) is 0 Å². The van der Waals surface area contributed by atoms with Crippen LogP contribution in [-0.2, 0) is 16.0 Å². The van der Waals surface area contributed by atoms with Crippen molar-refractivity contribution in [2.75, 3.05) is 6.61 Å². The second-order valence-corrected chi connectivity index (χ2v) is 5.29. The largest absolute Gasteiger partial charge is 0.466 e. The third kappa shape index (κ3) is 5.77. The summed E-state index contributed by atoms with van der Waals surface area (Å²) in [4.78, 5) is 11.3. The molecule has 0 saturated heterocycles. The summed E-state index contributed by atoms with van der Waals surface area (Å²) < 4.78 is 4.95. The Morgan fingerprint density at radius 2 is 1.85 bits per heavy atom. The first-order chi connectivity index (χ1) is 9.71. The summed E-state index contributed by atoms with van der Waals surface area (Å²) in [6, 6.07) is 8.76. The molecular formula is C18H28O2. The van der Waals surface area contributed by atoms with Gasteiger partial charge >= 0.3 is 5.97 Å². The molecule has 0 spiro atoms. The topological polar surface area (TPSA) is 26.3 Å². The van der Waals surface area contributed by atoms with Gasteiger partial charge in [0.25, 0.3) is 0 Å². The number of ether oxygens (including phenoxy) is 1. The molecule has 0 aromatic heterocycles. The number of rotatable bonds is 9. The second kappa shape index (κ2) is 9.57. The van der Waals surface area contributed by atoms with Gasteiger partial charge in [0.2, 0.25) is 0 Å². The normalized spacial score (nSPS) is 12.2. The van der Waals surface area contributed by atoms with Gasteiger partial charge in [0.15, 0.2) is 0 Å². The molecule has 2 nitrogen and oxygen atoms in total. The molecular weight excluding hydrogens is 248 g/mol. The van der Waals surface area contributed by atoms with E-state index in [2.05, 4.69) is 38.1 Å². The van der Waals surface area contributed by atoms with Gasteiger partial charge in [0.1, 0.15) is 0 Å². The fraction of sp³-hybridized carbons (Fsp3) is 0.611. The molecule has 0 amide bonds. The molecule has 0 heterocycles. The van der Waals surface area contributed by atoms with Gasteiger partial charge in [-0.25, -0.2) is 0 Å². The zero-order valence-corrected chi connectivity index (χ0v) is 13.2. The summed E-state index contributed by atoms with van der Waals surface area (Å²) in [7, 11) is 0. The van der Waals surface area contributed by atoms with Gasteiger partial charge in [-0.1, -0.05) is 51.0 Å². The van der Waals surface area contributed by atoms with Gasteiger partial charge in [-0.2, -0.15) is 0 Å². The van der Waals surface area contributed by atoms with Crippen molar-refractivity contribution in [3.63, 3.8) is 0 Å². The maximum absolute atomic E-state index is 11.3. The van der Waals surface area contributed by atoms with Crippen LogP contribution in [0, 0.1) is 0 Å². The highest BCUT2D eigenvalue weighted by Gasteiger charge is 2.09. The molecule has 0 saturated carbocycles. The lowest BCUT2D eigenvalue weighted by Gasteiger charge is -2.15. The number of unbranched alkanes of at least 4 members (excludes halogenated alkanes) is 1. The molecule has 0 radical (unpaired) electrons. The van der Waals surface area contributed by atoms with E-state index >= 15 is 0 Å². The highest BCUT2D eigenvalue weighted by molar-refractivity contribution is 5.69. The summed E-state index contributed by atoms with van der Waals surface area (Å²) in [6.07, 6.45) is 6.26. The number of carbonyl (C=O) groups excluding carboxylic acids is 1. The SMILES string of the molecule is CCCCC(CC)c1ccc(CCC(=O)OCC)cc1. The average molecular weight is 276 g/mol. The van der Waals surface area contributed by atoms with Crippen molar-refractivity contribution in [2.45, 2.75) is 65.2 Å². The fourth-order valence-electron chi connectivity index (χ4n) is 2.49. The summed E-state index contributed by atoms with van der Waals surface area (Å²) in [6.45, 7) is 6.81. The van der Waals surface area contributed by atoms with E-state index in [0.29, 0.717) is 18.9 Å². The number of benzene rings is 1. The van der Waals surface area contributed by atoms with Crippen LogP contribution in [-0.4, -0.2) is 12.6 Å². The molecule has 0 aliphatic heterocycles. The van der Waals surface area contributed by atoms with Crippen LogP contribution >= 0.6 is 0 Å². The lowest BCUT2D eigenvalue weighted by molar-refractivity contribution is -0.143. The van der Waals surface area contributed by atoms with Gasteiger partial charge in [-0.3, -0.25) is 4.79 Å². The summed E-state index contributed by atoms with van der Waals surface area (Å²) >= 11 is 0. The minimum Gasteiger partial charge on any atom is -0.466 e. The van der Waals surface area contributed by atoms with Gasteiger partial charge in [-0.05, 0) is 43.2 Å². The minimum atomic E-state index is -0.106. The van der Waals surface area contributed by atoms with E-state index < -0.39 is 0 Å². The Balaban J connectivity index is 2.52. The lowest BCUT2D eigenvalue weighted by atomic mass is 9.90. The second-order valence-electron chi connectivity index (χ2n) is 5.29. The predicted octanol–water partition coefficient (Wildman–Crippen LogP) is 4.87. The first-order valence-electron chi connectivity index (χ1n) is 7.95. The monoisotopic (exact) mass is 276 g/mol. The van der Waals surface area contributed by atoms with Crippen LogP contribution in [0.25, 0.3) is 0 Å². The van der Waals surface area contributed by atoms with Crippen LogP contribution in [0.5, 0.6) is 0 Å². The Morgan fingerprint density at radius 1 is 1.15 bits per heavy atom. The highest BCUT2D eigenvalue weighted by Crippen LogP contribution is 2.25. The third-order valence-corrected chi connectivity index (χ3v) is 3.77. The first-order valence-corrected chi connectivity index (χ1v) is 7.95. The van der Waals surface area contributed by atoms with Crippen molar-refractivity contribution in [3.8, 4) is 0 Å². The molecule has 112 valence electrons. The third-order valence-electron chi connectivity index (χ3n) is 3.77. The Hall–Kier alpha value is -1.31. The quantitative estimate of drug-likeness (QED) is 0.602. The van der Waals surface area contributed by atoms with Gasteiger partial charge in [0, 0.05) is 6.42 Å². The van der Waals surface area contributed by atoms with E-state index in [4.69, 9.17) is 4.74 Å². The number of hydrogen-bond donors (Lipinski definition) is 0. The van der Waals surface area contributed by atoms with Crippen LogP contribution in [0.2, 0.25) is 0 Å². The van der Waals surface area contributed by atoms with E-state index in [1.807, 2.05) is 6.92 Å². The molecule has 1 aromatic carbocycles. The van der Waals surface area contributed by atoms with Crippen molar-refractivity contribution in [1.82, 2.24) is 0 Å². The van der Waals surface area contributed by atoms with Gasteiger partial charge < -0.3 is 4.74 Å². The van der Waals surface area contributed by atoms with Crippen molar-refractivity contribution in [1.29, 1.82) is 0 Å². The van der Waals surface area contributed by atoms with Crippen LogP contribution in [0.3, 0.4) is 0 Å². The Bertz CT molecular complexity index is 381. The zero-order chi connectivity index (χ0) is 14.8. The highest BCUT2D eigenvalue weighted by atomic mass is 16.5. The van der Waals surface area contributed by atoms with Crippen molar-refractivity contribution >= 4 is 5.97 Å². The minimum absolute atomic E-state index is 0.106. The predicted molar refractivity (Wildman–Crippen MR) is 84.0 cm³/mol. The molecule has 1 unspecified atom stereocenters. The molecule has 1 aromatic rings. The number of carbonyl (C=O) groups is 1. The number of esters is 1. The fourth-order valence-corrected chi connectivity index (χ4v) is 2.49. The molecule has 0 aliphatic rings. The molecule has 2 heteroatoms. The standard InChI is InChI=1S/C18H28O2/c1-4-7-8-16(5-2)17-12-9-15(10-13-17)11-14-18(19)20-6-3/h9-10,12-13,16H,4-8,11,14H2,1-3H3. The average Bonchev–Trinajstić information content (AvgIpc) is 2.47. The maximum Gasteiger partial charge on any atom is 0.306 e.